The molecule has 1 heterocycles. The fraction of sp³-hybridized carbons (Fsp3) is 0.571. The van der Waals surface area contributed by atoms with Crippen LogP contribution in [0.2, 0.25) is 0 Å². The molecule has 4 heteroatoms. The van der Waals surface area contributed by atoms with Crippen LogP contribution in [-0.2, 0) is 14.3 Å². The van der Waals surface area contributed by atoms with E-state index in [9.17, 15) is 9.59 Å². The molecule has 0 atom stereocenters. The number of carbonyl (C=O) groups is 2. The molecule has 0 N–H and O–H groups in total. The minimum atomic E-state index is -0.529. The van der Waals surface area contributed by atoms with Gasteiger partial charge in [0.05, 0.1) is 6.61 Å². The molecule has 1 aromatic heterocycles. The van der Waals surface area contributed by atoms with Gasteiger partial charge in [-0.05, 0) is 24.1 Å². The summed E-state index contributed by atoms with van der Waals surface area (Å²) in [5.41, 5.74) is 0.832. The number of rotatable bonds is 13. The molecule has 25 heavy (non-hydrogen) atoms. The molecule has 0 spiro atoms. The number of hydrogen-bond acceptors (Lipinski definition) is 4. The quantitative estimate of drug-likeness (QED) is 0.163. The van der Waals surface area contributed by atoms with Crippen LogP contribution in [-0.4, -0.2) is 23.3 Å². The third kappa shape index (κ3) is 9.18. The first-order valence-corrected chi connectivity index (χ1v) is 9.51. The van der Waals surface area contributed by atoms with E-state index in [4.69, 9.17) is 4.74 Å². The van der Waals surface area contributed by atoms with Crippen LogP contribution in [0.15, 0.2) is 30.1 Å². The zero-order chi connectivity index (χ0) is 18.3. The number of ether oxygens (including phenoxy) is 1. The van der Waals surface area contributed by atoms with Gasteiger partial charge in [0.25, 0.3) is 0 Å². The lowest BCUT2D eigenvalue weighted by atomic mass is 10.1. The number of unbranched alkanes of at least 4 members (excludes halogenated alkanes) is 7. The van der Waals surface area contributed by atoms with Crippen molar-refractivity contribution in [2.24, 2.45) is 0 Å². The summed E-state index contributed by atoms with van der Waals surface area (Å²) in [5.74, 6) is -0.733. The lowest BCUT2D eigenvalue weighted by Crippen LogP contribution is -2.16. The molecule has 1 aromatic rings. The molecular weight excluding hydrogens is 314 g/mol. The van der Waals surface area contributed by atoms with Gasteiger partial charge in [-0.25, -0.2) is 4.79 Å². The van der Waals surface area contributed by atoms with Crippen molar-refractivity contribution in [2.75, 3.05) is 6.61 Å². The Labute approximate surface area is 151 Å². The lowest BCUT2D eigenvalue weighted by molar-refractivity contribution is -0.140. The number of nitrogens with zero attached hydrogens (tertiary/aromatic N) is 1. The predicted octanol–water partition coefficient (Wildman–Crippen LogP) is 5.13. The molecule has 138 valence electrons. The molecule has 0 saturated heterocycles. The summed E-state index contributed by atoms with van der Waals surface area (Å²) >= 11 is 0. The molecule has 0 radical (unpaired) electrons. The minimum Gasteiger partial charge on any atom is -0.462 e. The number of carbonyl (C=O) groups excluding carboxylic acids is 2. The maximum atomic E-state index is 12.2. The van der Waals surface area contributed by atoms with Crippen LogP contribution < -0.4 is 0 Å². The number of Topliss-reactive ketones (excluding diaryl/α,β-unsaturated/α-hetero) is 1. The highest BCUT2D eigenvalue weighted by molar-refractivity contribution is 6.20. The molecule has 0 bridgehead atoms. The van der Waals surface area contributed by atoms with E-state index < -0.39 is 5.97 Å². The van der Waals surface area contributed by atoms with Gasteiger partial charge in [0.2, 0.25) is 0 Å². The largest absolute Gasteiger partial charge is 0.462 e. The Morgan fingerprint density at radius 1 is 1.04 bits per heavy atom. The minimum absolute atomic E-state index is 0.107. The number of ketones is 1. The average molecular weight is 345 g/mol. The standard InChI is InChI=1S/C21H31NO3/c1-3-5-6-7-8-9-10-11-15-25-21(24)19(20(23)4-2)16-18-13-12-14-22-17-18/h12-14,16-17H,3-11,15H2,1-2H3/b19-16-. The van der Waals surface area contributed by atoms with Gasteiger partial charge >= 0.3 is 5.97 Å². The summed E-state index contributed by atoms with van der Waals surface area (Å²) < 4.78 is 5.30. The number of esters is 1. The number of hydrogen-bond donors (Lipinski definition) is 0. The van der Waals surface area contributed by atoms with Crippen molar-refractivity contribution in [1.29, 1.82) is 0 Å². The smallest absolute Gasteiger partial charge is 0.341 e. The molecule has 0 aliphatic carbocycles. The summed E-state index contributed by atoms with van der Waals surface area (Å²) in [6, 6.07) is 3.58. The Bertz CT molecular complexity index is 537. The molecule has 0 saturated carbocycles. The molecule has 0 unspecified atom stereocenters. The van der Waals surface area contributed by atoms with Gasteiger partial charge in [-0.3, -0.25) is 9.78 Å². The molecule has 0 amide bonds. The van der Waals surface area contributed by atoms with Crippen LogP contribution in [0, 0.1) is 0 Å². The highest BCUT2D eigenvalue weighted by Crippen LogP contribution is 2.12. The van der Waals surface area contributed by atoms with Crippen molar-refractivity contribution in [3.05, 3.63) is 35.7 Å². The number of aromatic nitrogens is 1. The molecule has 1 rings (SSSR count). The third-order valence-electron chi connectivity index (χ3n) is 4.07. The zero-order valence-electron chi connectivity index (χ0n) is 15.6. The van der Waals surface area contributed by atoms with E-state index in [0.29, 0.717) is 6.61 Å². The molecule has 0 aromatic carbocycles. The molecule has 0 aliphatic heterocycles. The highest BCUT2D eigenvalue weighted by Gasteiger charge is 2.18. The second-order valence-corrected chi connectivity index (χ2v) is 6.23. The second kappa shape index (κ2) is 13.3. The first-order valence-electron chi connectivity index (χ1n) is 9.51. The van der Waals surface area contributed by atoms with Crippen molar-refractivity contribution in [2.45, 2.75) is 71.6 Å². The van der Waals surface area contributed by atoms with Gasteiger partial charge in [-0.15, -0.1) is 0 Å². The Morgan fingerprint density at radius 3 is 2.32 bits per heavy atom. The van der Waals surface area contributed by atoms with Crippen molar-refractivity contribution < 1.29 is 14.3 Å². The zero-order valence-corrected chi connectivity index (χ0v) is 15.6. The normalized spacial score (nSPS) is 11.4. The monoisotopic (exact) mass is 345 g/mol. The third-order valence-corrected chi connectivity index (χ3v) is 4.07. The molecular formula is C21H31NO3. The van der Waals surface area contributed by atoms with E-state index in [0.717, 1.165) is 18.4 Å². The van der Waals surface area contributed by atoms with E-state index in [-0.39, 0.29) is 17.8 Å². The molecule has 0 aliphatic rings. The predicted molar refractivity (Wildman–Crippen MR) is 101 cm³/mol. The Kier molecular flexibility index (Phi) is 11.2. The summed E-state index contributed by atoms with van der Waals surface area (Å²) in [6.45, 7) is 4.33. The van der Waals surface area contributed by atoms with E-state index in [2.05, 4.69) is 11.9 Å². The SMILES string of the molecule is CCCCCCCCCCOC(=O)/C(=C\c1cccnc1)C(=O)CC. The summed E-state index contributed by atoms with van der Waals surface area (Å²) in [7, 11) is 0. The van der Waals surface area contributed by atoms with E-state index in [1.807, 2.05) is 6.07 Å². The van der Waals surface area contributed by atoms with Gasteiger partial charge in [0, 0.05) is 18.8 Å². The lowest BCUT2D eigenvalue weighted by Gasteiger charge is -2.07. The Balaban J connectivity index is 2.36. The van der Waals surface area contributed by atoms with Crippen molar-refractivity contribution in [1.82, 2.24) is 4.98 Å². The van der Waals surface area contributed by atoms with Crippen LogP contribution in [0.4, 0.5) is 0 Å². The Morgan fingerprint density at radius 2 is 1.72 bits per heavy atom. The Hall–Kier alpha value is -1.97. The van der Waals surface area contributed by atoms with Gasteiger partial charge in [0.1, 0.15) is 5.57 Å². The maximum Gasteiger partial charge on any atom is 0.341 e. The van der Waals surface area contributed by atoms with E-state index in [1.165, 1.54) is 38.5 Å². The maximum absolute atomic E-state index is 12.2. The summed E-state index contributed by atoms with van der Waals surface area (Å²) in [5, 5.41) is 0. The topological polar surface area (TPSA) is 56.3 Å². The van der Waals surface area contributed by atoms with Crippen LogP contribution >= 0.6 is 0 Å². The molecule has 4 nitrogen and oxygen atoms in total. The summed E-state index contributed by atoms with van der Waals surface area (Å²) in [4.78, 5) is 28.2. The van der Waals surface area contributed by atoms with Crippen LogP contribution in [0.1, 0.15) is 77.2 Å². The van der Waals surface area contributed by atoms with Crippen molar-refractivity contribution in [3.63, 3.8) is 0 Å². The van der Waals surface area contributed by atoms with Crippen LogP contribution in [0.5, 0.6) is 0 Å². The highest BCUT2D eigenvalue weighted by atomic mass is 16.5. The fourth-order valence-electron chi connectivity index (χ4n) is 2.55. The van der Waals surface area contributed by atoms with Gasteiger partial charge in [-0.1, -0.05) is 64.9 Å². The van der Waals surface area contributed by atoms with Crippen molar-refractivity contribution in [3.8, 4) is 0 Å². The fourth-order valence-corrected chi connectivity index (χ4v) is 2.55. The van der Waals surface area contributed by atoms with Gasteiger partial charge in [0.15, 0.2) is 5.78 Å². The van der Waals surface area contributed by atoms with Gasteiger partial charge in [-0.2, -0.15) is 0 Å². The van der Waals surface area contributed by atoms with Crippen molar-refractivity contribution >= 4 is 17.8 Å². The first kappa shape index (κ1) is 21.1. The summed E-state index contributed by atoms with van der Waals surface area (Å²) in [6.07, 6.45) is 14.6. The van der Waals surface area contributed by atoms with Crippen LogP contribution in [0.3, 0.4) is 0 Å². The van der Waals surface area contributed by atoms with Crippen LogP contribution in [0.25, 0.3) is 6.08 Å². The first-order chi connectivity index (χ1) is 12.2. The number of pyridine rings is 1. The average Bonchev–Trinajstić information content (AvgIpc) is 2.64. The molecule has 0 fully saturated rings. The second-order valence-electron chi connectivity index (χ2n) is 6.23. The van der Waals surface area contributed by atoms with Gasteiger partial charge < -0.3 is 4.74 Å². The van der Waals surface area contributed by atoms with E-state index in [1.54, 1.807) is 31.5 Å². The van der Waals surface area contributed by atoms with E-state index >= 15 is 0 Å².